The quantitative estimate of drug-likeness (QED) is 0.865. The van der Waals surface area contributed by atoms with Crippen molar-refractivity contribution in [3.05, 3.63) is 29.8 Å². The molecule has 0 saturated carbocycles. The first-order valence-electron chi connectivity index (χ1n) is 6.77. The number of anilines is 1. The number of rotatable bonds is 5. The van der Waals surface area contributed by atoms with E-state index < -0.39 is 11.9 Å². The SMILES string of the molecule is Cc1ccc(NC(=O)[C@@H](CC(=O)O)[C@H]2CCCO2)cc1. The molecule has 0 aromatic heterocycles. The van der Waals surface area contributed by atoms with Crippen LogP contribution in [0.3, 0.4) is 0 Å². The Kier molecular flexibility index (Phi) is 4.74. The fourth-order valence-electron chi connectivity index (χ4n) is 2.37. The van der Waals surface area contributed by atoms with Crippen molar-refractivity contribution in [2.45, 2.75) is 32.3 Å². The van der Waals surface area contributed by atoms with Crippen LogP contribution in [0.1, 0.15) is 24.8 Å². The number of carboxylic acids is 1. The lowest BCUT2D eigenvalue weighted by molar-refractivity contribution is -0.142. The van der Waals surface area contributed by atoms with Gasteiger partial charge in [-0.05, 0) is 31.9 Å². The van der Waals surface area contributed by atoms with E-state index in [1.54, 1.807) is 12.1 Å². The lowest BCUT2D eigenvalue weighted by Crippen LogP contribution is -2.34. The van der Waals surface area contributed by atoms with Gasteiger partial charge in [-0.1, -0.05) is 17.7 Å². The standard InChI is InChI=1S/C15H19NO4/c1-10-4-6-11(7-5-10)16-15(19)12(9-14(17)18)13-3-2-8-20-13/h4-7,12-13H,2-3,8-9H2,1H3,(H,16,19)(H,17,18)/t12-,13+/m0/s1. The number of carboxylic acid groups (broad SMARTS) is 1. The molecule has 1 aliphatic rings. The highest BCUT2D eigenvalue weighted by molar-refractivity contribution is 5.94. The van der Waals surface area contributed by atoms with Gasteiger partial charge in [-0.2, -0.15) is 0 Å². The zero-order valence-corrected chi connectivity index (χ0v) is 11.5. The number of hydrogen-bond acceptors (Lipinski definition) is 3. The van der Waals surface area contributed by atoms with Crippen LogP contribution < -0.4 is 5.32 Å². The van der Waals surface area contributed by atoms with Gasteiger partial charge in [-0.25, -0.2) is 0 Å². The number of benzene rings is 1. The van der Waals surface area contributed by atoms with E-state index >= 15 is 0 Å². The minimum Gasteiger partial charge on any atom is -0.481 e. The summed E-state index contributed by atoms with van der Waals surface area (Å²) in [7, 11) is 0. The van der Waals surface area contributed by atoms with Crippen molar-refractivity contribution in [3.8, 4) is 0 Å². The van der Waals surface area contributed by atoms with E-state index in [2.05, 4.69) is 5.32 Å². The molecule has 108 valence electrons. The maximum Gasteiger partial charge on any atom is 0.304 e. The van der Waals surface area contributed by atoms with E-state index in [1.807, 2.05) is 19.1 Å². The maximum atomic E-state index is 12.3. The Balaban J connectivity index is 2.05. The van der Waals surface area contributed by atoms with E-state index in [1.165, 1.54) is 0 Å². The summed E-state index contributed by atoms with van der Waals surface area (Å²) < 4.78 is 5.47. The van der Waals surface area contributed by atoms with Crippen molar-refractivity contribution in [2.75, 3.05) is 11.9 Å². The lowest BCUT2D eigenvalue weighted by Gasteiger charge is -2.20. The molecule has 2 rings (SSSR count). The monoisotopic (exact) mass is 277 g/mol. The van der Waals surface area contributed by atoms with Crippen LogP contribution in [-0.2, 0) is 14.3 Å². The zero-order valence-electron chi connectivity index (χ0n) is 11.5. The number of nitrogens with one attached hydrogen (secondary N) is 1. The predicted octanol–water partition coefficient (Wildman–Crippen LogP) is 2.20. The molecule has 0 aliphatic carbocycles. The van der Waals surface area contributed by atoms with Crippen LogP contribution in [0.2, 0.25) is 0 Å². The van der Waals surface area contributed by atoms with Crippen LogP contribution in [0.15, 0.2) is 24.3 Å². The molecule has 1 aliphatic heterocycles. The number of hydrogen-bond donors (Lipinski definition) is 2. The molecule has 2 atom stereocenters. The highest BCUT2D eigenvalue weighted by atomic mass is 16.5. The minimum atomic E-state index is -0.982. The molecular formula is C15H19NO4. The Labute approximate surface area is 117 Å². The fourth-order valence-corrected chi connectivity index (χ4v) is 2.37. The molecule has 0 spiro atoms. The van der Waals surface area contributed by atoms with Gasteiger partial charge >= 0.3 is 5.97 Å². The van der Waals surface area contributed by atoms with E-state index in [-0.39, 0.29) is 18.4 Å². The first-order valence-corrected chi connectivity index (χ1v) is 6.77. The van der Waals surface area contributed by atoms with Gasteiger partial charge < -0.3 is 15.2 Å². The zero-order chi connectivity index (χ0) is 14.5. The Bertz CT molecular complexity index is 477. The van der Waals surface area contributed by atoms with Crippen LogP contribution in [0.4, 0.5) is 5.69 Å². The average Bonchev–Trinajstić information content (AvgIpc) is 2.92. The lowest BCUT2D eigenvalue weighted by atomic mass is 9.95. The third-order valence-electron chi connectivity index (χ3n) is 3.46. The first kappa shape index (κ1) is 14.5. The van der Waals surface area contributed by atoms with Gasteiger partial charge in [0.15, 0.2) is 0 Å². The van der Waals surface area contributed by atoms with Gasteiger partial charge in [0, 0.05) is 12.3 Å². The predicted molar refractivity (Wildman–Crippen MR) is 74.5 cm³/mol. The van der Waals surface area contributed by atoms with Crippen LogP contribution in [-0.4, -0.2) is 29.7 Å². The molecule has 1 aromatic rings. The average molecular weight is 277 g/mol. The molecule has 1 amide bonds. The molecule has 2 N–H and O–H groups in total. The van der Waals surface area contributed by atoms with Crippen LogP contribution >= 0.6 is 0 Å². The summed E-state index contributed by atoms with van der Waals surface area (Å²) in [6.45, 7) is 2.56. The highest BCUT2D eigenvalue weighted by Crippen LogP contribution is 2.24. The summed E-state index contributed by atoms with van der Waals surface area (Å²) in [5.41, 5.74) is 1.78. The number of ether oxygens (including phenoxy) is 1. The van der Waals surface area contributed by atoms with Gasteiger partial charge in [-0.15, -0.1) is 0 Å². The normalized spacial score (nSPS) is 19.6. The number of aryl methyl sites for hydroxylation is 1. The van der Waals surface area contributed by atoms with E-state index in [0.29, 0.717) is 12.3 Å². The van der Waals surface area contributed by atoms with Crippen LogP contribution in [0.5, 0.6) is 0 Å². The number of carbonyl (C=O) groups is 2. The largest absolute Gasteiger partial charge is 0.481 e. The summed E-state index contributed by atoms with van der Waals surface area (Å²) in [5, 5.41) is 11.7. The Morgan fingerprint density at radius 2 is 2.10 bits per heavy atom. The number of aliphatic carboxylic acids is 1. The molecule has 0 unspecified atom stereocenters. The Morgan fingerprint density at radius 1 is 1.40 bits per heavy atom. The van der Waals surface area contributed by atoms with E-state index in [9.17, 15) is 9.59 Å². The topological polar surface area (TPSA) is 75.6 Å². The second kappa shape index (κ2) is 6.52. The smallest absolute Gasteiger partial charge is 0.304 e. The summed E-state index contributed by atoms with van der Waals surface area (Å²) in [6.07, 6.45) is 1.11. The maximum absolute atomic E-state index is 12.3. The highest BCUT2D eigenvalue weighted by Gasteiger charge is 2.33. The summed E-state index contributed by atoms with van der Waals surface area (Å²) in [4.78, 5) is 23.2. The summed E-state index contributed by atoms with van der Waals surface area (Å²) in [5.74, 6) is -1.91. The first-order chi connectivity index (χ1) is 9.56. The van der Waals surface area contributed by atoms with Gasteiger partial charge in [0.25, 0.3) is 0 Å². The molecule has 5 nitrogen and oxygen atoms in total. The second-order valence-electron chi connectivity index (χ2n) is 5.11. The molecular weight excluding hydrogens is 258 g/mol. The summed E-state index contributed by atoms with van der Waals surface area (Å²) in [6, 6.07) is 7.41. The molecule has 1 aromatic carbocycles. The Hall–Kier alpha value is -1.88. The van der Waals surface area contributed by atoms with Gasteiger partial charge in [-0.3, -0.25) is 9.59 Å². The van der Waals surface area contributed by atoms with Crippen LogP contribution in [0, 0.1) is 12.8 Å². The van der Waals surface area contributed by atoms with Crippen molar-refractivity contribution in [2.24, 2.45) is 5.92 Å². The molecule has 5 heteroatoms. The van der Waals surface area contributed by atoms with Crippen molar-refractivity contribution in [1.29, 1.82) is 0 Å². The van der Waals surface area contributed by atoms with Gasteiger partial charge in [0.1, 0.15) is 0 Å². The van der Waals surface area contributed by atoms with E-state index in [0.717, 1.165) is 18.4 Å². The van der Waals surface area contributed by atoms with Gasteiger partial charge in [0.05, 0.1) is 18.4 Å². The third-order valence-corrected chi connectivity index (χ3v) is 3.46. The number of carbonyl (C=O) groups excluding carboxylic acids is 1. The second-order valence-corrected chi connectivity index (χ2v) is 5.11. The Morgan fingerprint density at radius 3 is 2.65 bits per heavy atom. The van der Waals surface area contributed by atoms with Crippen molar-refractivity contribution >= 4 is 17.6 Å². The fraction of sp³-hybridized carbons (Fsp3) is 0.467. The molecule has 1 heterocycles. The van der Waals surface area contributed by atoms with Crippen LogP contribution in [0.25, 0.3) is 0 Å². The third kappa shape index (κ3) is 3.81. The molecule has 1 saturated heterocycles. The minimum absolute atomic E-state index is 0.206. The van der Waals surface area contributed by atoms with Crippen molar-refractivity contribution in [3.63, 3.8) is 0 Å². The molecule has 0 radical (unpaired) electrons. The van der Waals surface area contributed by atoms with Gasteiger partial charge in [0.2, 0.25) is 5.91 Å². The molecule has 1 fully saturated rings. The molecule has 20 heavy (non-hydrogen) atoms. The van der Waals surface area contributed by atoms with Crippen molar-refractivity contribution in [1.82, 2.24) is 0 Å². The summed E-state index contributed by atoms with van der Waals surface area (Å²) >= 11 is 0. The number of amides is 1. The van der Waals surface area contributed by atoms with Crippen molar-refractivity contribution < 1.29 is 19.4 Å². The van der Waals surface area contributed by atoms with E-state index in [4.69, 9.17) is 9.84 Å². The molecule has 0 bridgehead atoms.